The number of rotatable bonds is 0. The molecule has 0 saturated carbocycles. The average Bonchev–Trinajstić information content (AvgIpc) is 2.20. The van der Waals surface area contributed by atoms with E-state index in [2.05, 4.69) is 4.98 Å². The van der Waals surface area contributed by atoms with E-state index in [0.29, 0.717) is 0 Å². The van der Waals surface area contributed by atoms with Crippen LogP contribution in [0.1, 0.15) is 5.69 Å². The summed E-state index contributed by atoms with van der Waals surface area (Å²) in [7, 11) is 0. The fourth-order valence-corrected chi connectivity index (χ4v) is 1.40. The lowest BCUT2D eigenvalue weighted by Gasteiger charge is -1.98. The molecule has 0 atom stereocenters. The summed E-state index contributed by atoms with van der Waals surface area (Å²) in [5.74, 6) is 0. The second-order valence-corrected chi connectivity index (χ2v) is 3.34. The van der Waals surface area contributed by atoms with Gasteiger partial charge in [0.15, 0.2) is 0 Å². The van der Waals surface area contributed by atoms with Crippen LogP contribution in [0.25, 0.3) is 10.8 Å². The van der Waals surface area contributed by atoms with E-state index in [-0.39, 0.29) is 6.15 Å². The molecule has 0 aliphatic carbocycles. The smallest absolute Gasteiger partial charge is 0.261 e. The average molecular weight is 222 g/mol. The Morgan fingerprint density at radius 1 is 1.20 bits per heavy atom. The zero-order valence-corrected chi connectivity index (χ0v) is 8.78. The van der Waals surface area contributed by atoms with E-state index in [1.165, 1.54) is 5.39 Å². The molecule has 0 radical (unpaired) electrons. The maximum absolute atomic E-state index is 8.12. The van der Waals surface area contributed by atoms with Gasteiger partial charge in [0.2, 0.25) is 0 Å². The number of pyridine rings is 1. The molecule has 0 saturated heterocycles. The van der Waals surface area contributed by atoms with E-state index in [4.69, 9.17) is 21.2 Å². The quantitative estimate of drug-likeness (QED) is 0.687. The number of benzene rings is 1. The van der Waals surface area contributed by atoms with Gasteiger partial charge in [0.05, 0.1) is 0 Å². The number of nitrogens with zero attached hydrogens (tertiary/aromatic N) is 1. The van der Waals surface area contributed by atoms with Crippen LogP contribution in [0, 0.1) is 6.92 Å². The van der Waals surface area contributed by atoms with Crippen LogP contribution >= 0.6 is 11.6 Å². The molecule has 0 N–H and O–H groups in total. The van der Waals surface area contributed by atoms with Crippen molar-refractivity contribution in [3.8, 4) is 0 Å². The van der Waals surface area contributed by atoms with E-state index in [1.54, 1.807) is 0 Å². The van der Waals surface area contributed by atoms with Crippen molar-refractivity contribution in [2.75, 3.05) is 0 Å². The number of hydrogen-bond donors (Lipinski definition) is 0. The summed E-state index contributed by atoms with van der Waals surface area (Å²) >= 11 is 5.83. The van der Waals surface area contributed by atoms with Crippen molar-refractivity contribution >= 4 is 28.5 Å². The Labute approximate surface area is 91.7 Å². The summed E-state index contributed by atoms with van der Waals surface area (Å²) in [6.07, 6.45) is 2.09. The van der Waals surface area contributed by atoms with Crippen molar-refractivity contribution < 1.29 is 9.59 Å². The second-order valence-electron chi connectivity index (χ2n) is 2.90. The van der Waals surface area contributed by atoms with Gasteiger partial charge in [-0.05, 0) is 30.5 Å². The molecular weight excluding hydrogens is 214 g/mol. The highest BCUT2D eigenvalue weighted by Crippen LogP contribution is 2.18. The molecule has 1 heterocycles. The third-order valence-electron chi connectivity index (χ3n) is 1.82. The van der Waals surface area contributed by atoms with Crippen molar-refractivity contribution in [1.29, 1.82) is 0 Å². The van der Waals surface area contributed by atoms with E-state index in [1.807, 2.05) is 37.4 Å². The van der Waals surface area contributed by atoms with Crippen LogP contribution < -0.4 is 0 Å². The minimum absolute atomic E-state index is 0.250. The van der Waals surface area contributed by atoms with Gasteiger partial charge >= 0.3 is 6.15 Å². The number of hydrogen-bond acceptors (Lipinski definition) is 3. The third-order valence-corrected chi connectivity index (χ3v) is 2.06. The van der Waals surface area contributed by atoms with Crippen LogP contribution in [0.2, 0.25) is 5.02 Å². The van der Waals surface area contributed by atoms with Crippen LogP contribution in [0.4, 0.5) is 0 Å². The minimum Gasteiger partial charge on any atom is -0.261 e. The van der Waals surface area contributed by atoms with Gasteiger partial charge in [0.25, 0.3) is 0 Å². The molecule has 1 aromatic carbocycles. The number of halogens is 1. The molecule has 0 bridgehead atoms. The lowest BCUT2D eigenvalue weighted by Crippen LogP contribution is -1.80. The van der Waals surface area contributed by atoms with Crippen LogP contribution in [0.15, 0.2) is 30.5 Å². The summed E-state index contributed by atoms with van der Waals surface area (Å²) in [5, 5.41) is 3.04. The van der Waals surface area contributed by atoms with Crippen molar-refractivity contribution in [2.24, 2.45) is 0 Å². The van der Waals surface area contributed by atoms with Gasteiger partial charge in [-0.2, -0.15) is 9.59 Å². The molecule has 0 amide bonds. The van der Waals surface area contributed by atoms with Gasteiger partial charge < -0.3 is 0 Å². The van der Waals surface area contributed by atoms with Crippen LogP contribution in [0.5, 0.6) is 0 Å². The molecule has 2 rings (SSSR count). The lowest BCUT2D eigenvalue weighted by molar-refractivity contribution is -0.191. The van der Waals surface area contributed by atoms with E-state index < -0.39 is 0 Å². The van der Waals surface area contributed by atoms with Gasteiger partial charge in [0, 0.05) is 22.3 Å². The first-order valence-electron chi connectivity index (χ1n) is 4.18. The second kappa shape index (κ2) is 5.25. The Morgan fingerprint density at radius 3 is 2.53 bits per heavy atom. The molecule has 0 aliphatic heterocycles. The standard InChI is InChI=1S/C10H8ClN.CO2/c1-7-4-8-2-3-10(11)5-9(8)6-12-7;2-1-3/h2-6H,1H3;. The SMILES string of the molecule is Cc1cc2ccc(Cl)cc2cn1.O=C=O. The predicted octanol–water partition coefficient (Wildman–Crippen LogP) is 2.61. The summed E-state index contributed by atoms with van der Waals surface area (Å²) in [6.45, 7) is 1.98. The normalized spacial score (nSPS) is 8.93. The zero-order valence-electron chi connectivity index (χ0n) is 8.03. The highest BCUT2D eigenvalue weighted by Gasteiger charge is 1.94. The fourth-order valence-electron chi connectivity index (χ4n) is 1.22. The first-order valence-corrected chi connectivity index (χ1v) is 4.56. The number of fused-ring (bicyclic) bond motifs is 1. The Hall–Kier alpha value is -1.70. The summed E-state index contributed by atoms with van der Waals surface area (Å²) < 4.78 is 0. The van der Waals surface area contributed by atoms with Crippen molar-refractivity contribution in [3.05, 3.63) is 41.2 Å². The number of aryl methyl sites for hydroxylation is 1. The summed E-state index contributed by atoms with van der Waals surface area (Å²) in [5.41, 5.74) is 1.03. The largest absolute Gasteiger partial charge is 0.373 e. The molecular formula is C11H8ClNO2. The summed E-state index contributed by atoms with van der Waals surface area (Å²) in [6, 6.07) is 7.87. The predicted molar refractivity (Wildman–Crippen MR) is 56.5 cm³/mol. The Balaban J connectivity index is 0.000000337. The monoisotopic (exact) mass is 221 g/mol. The van der Waals surface area contributed by atoms with Gasteiger partial charge in [-0.25, -0.2) is 0 Å². The maximum Gasteiger partial charge on any atom is 0.373 e. The van der Waals surface area contributed by atoms with E-state index in [0.717, 1.165) is 16.1 Å². The van der Waals surface area contributed by atoms with Crippen molar-refractivity contribution in [2.45, 2.75) is 6.92 Å². The Bertz CT molecular complexity index is 464. The number of aromatic nitrogens is 1. The first-order chi connectivity index (χ1) is 7.17. The highest BCUT2D eigenvalue weighted by molar-refractivity contribution is 6.31. The van der Waals surface area contributed by atoms with Gasteiger partial charge in [-0.1, -0.05) is 17.7 Å². The van der Waals surface area contributed by atoms with Gasteiger partial charge in [-0.15, -0.1) is 0 Å². The fraction of sp³-hybridized carbons (Fsp3) is 0.0909. The highest BCUT2D eigenvalue weighted by atomic mass is 35.5. The molecule has 15 heavy (non-hydrogen) atoms. The zero-order chi connectivity index (χ0) is 11.3. The summed E-state index contributed by atoms with van der Waals surface area (Å²) in [4.78, 5) is 20.4. The number of carbonyl (C=O) groups excluding carboxylic acids is 2. The Kier molecular flexibility index (Phi) is 3.98. The van der Waals surface area contributed by atoms with Crippen molar-refractivity contribution in [3.63, 3.8) is 0 Å². The van der Waals surface area contributed by atoms with Crippen LogP contribution in [-0.4, -0.2) is 11.1 Å². The molecule has 0 unspecified atom stereocenters. The lowest BCUT2D eigenvalue weighted by atomic mass is 10.1. The third kappa shape index (κ3) is 3.17. The molecule has 3 nitrogen and oxygen atoms in total. The molecule has 4 heteroatoms. The molecule has 1 aromatic heterocycles. The van der Waals surface area contributed by atoms with E-state index >= 15 is 0 Å². The van der Waals surface area contributed by atoms with Crippen LogP contribution in [-0.2, 0) is 9.59 Å². The molecule has 0 aliphatic rings. The first kappa shape index (κ1) is 11.4. The van der Waals surface area contributed by atoms with E-state index in [9.17, 15) is 0 Å². The van der Waals surface area contributed by atoms with Crippen LogP contribution in [0.3, 0.4) is 0 Å². The molecule has 2 aromatic rings. The van der Waals surface area contributed by atoms with Gasteiger partial charge in [-0.3, -0.25) is 4.98 Å². The van der Waals surface area contributed by atoms with Crippen molar-refractivity contribution in [1.82, 2.24) is 4.98 Å². The Morgan fingerprint density at radius 2 is 1.87 bits per heavy atom. The minimum atomic E-state index is 0.250. The molecule has 0 spiro atoms. The molecule has 76 valence electrons. The van der Waals surface area contributed by atoms with Gasteiger partial charge in [0.1, 0.15) is 0 Å². The molecule has 0 fully saturated rings. The topological polar surface area (TPSA) is 47.0 Å². The maximum atomic E-state index is 8.12.